The number of nitrogens with zero attached hydrogens (tertiary/aromatic N) is 1. The summed E-state index contributed by atoms with van der Waals surface area (Å²) in [6.07, 6.45) is 0.999. The van der Waals surface area contributed by atoms with Gasteiger partial charge in [0.05, 0.1) is 21.3 Å². The Morgan fingerprint density at radius 1 is 1.16 bits per heavy atom. The van der Waals surface area contributed by atoms with E-state index in [2.05, 4.69) is 10.3 Å². The number of ether oxygens (including phenoxy) is 1. The lowest BCUT2D eigenvalue weighted by Crippen LogP contribution is -2.33. The molecule has 0 bridgehead atoms. The summed E-state index contributed by atoms with van der Waals surface area (Å²) in [5.41, 5.74) is 3.65. The number of nitrogens with one attached hydrogen (secondary N) is 1. The number of carbonyl (C=O) groups is 2. The third kappa shape index (κ3) is 3.53. The molecule has 0 aliphatic heterocycles. The van der Waals surface area contributed by atoms with Gasteiger partial charge in [-0.05, 0) is 31.0 Å². The average molecular weight is 352 g/mol. The van der Waals surface area contributed by atoms with Crippen LogP contribution in [0.3, 0.4) is 0 Å². The van der Waals surface area contributed by atoms with Gasteiger partial charge in [-0.15, -0.1) is 11.3 Å². The van der Waals surface area contributed by atoms with Gasteiger partial charge in [-0.25, -0.2) is 9.78 Å². The number of aromatic nitrogens is 1. The Hall–Kier alpha value is -2.73. The molecule has 1 aliphatic rings. The van der Waals surface area contributed by atoms with Crippen molar-refractivity contribution in [2.45, 2.75) is 25.0 Å². The van der Waals surface area contributed by atoms with E-state index in [1.54, 1.807) is 35.8 Å². The maximum atomic E-state index is 12.6. The van der Waals surface area contributed by atoms with Crippen LogP contribution >= 0.6 is 11.3 Å². The third-order valence-electron chi connectivity index (χ3n) is 4.06. The molecule has 2 aromatic carbocycles. The first-order valence-corrected chi connectivity index (χ1v) is 8.98. The predicted molar refractivity (Wildman–Crippen MR) is 95.4 cm³/mol. The fourth-order valence-corrected chi connectivity index (χ4v) is 3.28. The summed E-state index contributed by atoms with van der Waals surface area (Å²) < 4.78 is 6.48. The number of benzene rings is 2. The second kappa shape index (κ2) is 6.64. The largest absolute Gasteiger partial charge is 0.444 e. The van der Waals surface area contributed by atoms with E-state index in [-0.39, 0.29) is 11.9 Å². The van der Waals surface area contributed by atoms with Gasteiger partial charge in [0.15, 0.2) is 0 Å². The van der Waals surface area contributed by atoms with Crippen LogP contribution < -0.4 is 5.32 Å². The van der Waals surface area contributed by atoms with Gasteiger partial charge in [-0.3, -0.25) is 4.79 Å². The molecule has 1 aromatic heterocycles. The second-order valence-electron chi connectivity index (χ2n) is 6.01. The van der Waals surface area contributed by atoms with E-state index in [9.17, 15) is 9.59 Å². The molecular formula is C19H16N2O3S. The summed E-state index contributed by atoms with van der Waals surface area (Å²) in [4.78, 5) is 29.3. The predicted octanol–water partition coefficient (Wildman–Crippen LogP) is 3.47. The molecule has 1 amide bonds. The smallest absolute Gasteiger partial charge is 0.339 e. The molecule has 1 saturated carbocycles. The number of fused-ring (bicyclic) bond motifs is 1. The van der Waals surface area contributed by atoms with Gasteiger partial charge in [0.25, 0.3) is 5.91 Å². The highest BCUT2D eigenvalue weighted by molar-refractivity contribution is 7.16. The molecule has 25 heavy (non-hydrogen) atoms. The SMILES string of the molecule is O=C(O[C@@H](C(=O)NC1CC1)c1ccccc1)c1ccc2ncsc2c1. The van der Waals surface area contributed by atoms with Gasteiger partial charge >= 0.3 is 5.97 Å². The molecular weight excluding hydrogens is 336 g/mol. The van der Waals surface area contributed by atoms with E-state index < -0.39 is 12.1 Å². The summed E-state index contributed by atoms with van der Waals surface area (Å²) in [5, 5.41) is 2.91. The molecule has 0 saturated heterocycles. The Kier molecular flexibility index (Phi) is 4.19. The zero-order valence-electron chi connectivity index (χ0n) is 13.3. The quantitative estimate of drug-likeness (QED) is 0.714. The normalized spacial score (nSPS) is 14.9. The molecule has 1 fully saturated rings. The molecule has 5 nitrogen and oxygen atoms in total. The van der Waals surface area contributed by atoms with Crippen molar-refractivity contribution in [1.82, 2.24) is 10.3 Å². The molecule has 0 unspecified atom stereocenters. The van der Waals surface area contributed by atoms with Crippen molar-refractivity contribution in [2.75, 3.05) is 0 Å². The van der Waals surface area contributed by atoms with Gasteiger partial charge in [-0.1, -0.05) is 30.3 Å². The summed E-state index contributed by atoms with van der Waals surface area (Å²) in [5.74, 6) is -0.795. The zero-order chi connectivity index (χ0) is 17.2. The number of carbonyl (C=O) groups excluding carboxylic acids is 2. The van der Waals surface area contributed by atoms with Crippen LogP contribution in [0.15, 0.2) is 54.0 Å². The highest BCUT2D eigenvalue weighted by atomic mass is 32.1. The van der Waals surface area contributed by atoms with Crippen LogP contribution in [-0.4, -0.2) is 22.9 Å². The summed E-state index contributed by atoms with van der Waals surface area (Å²) in [6, 6.07) is 14.5. The van der Waals surface area contributed by atoms with Gasteiger partial charge in [0.1, 0.15) is 0 Å². The number of rotatable bonds is 5. The lowest BCUT2D eigenvalue weighted by molar-refractivity contribution is -0.130. The minimum Gasteiger partial charge on any atom is -0.444 e. The zero-order valence-corrected chi connectivity index (χ0v) is 14.2. The van der Waals surface area contributed by atoms with Crippen molar-refractivity contribution >= 4 is 33.4 Å². The molecule has 6 heteroatoms. The fraction of sp³-hybridized carbons (Fsp3) is 0.211. The number of esters is 1. The molecule has 0 spiro atoms. The van der Waals surface area contributed by atoms with Crippen LogP contribution in [0.5, 0.6) is 0 Å². The Bertz CT molecular complexity index is 919. The van der Waals surface area contributed by atoms with Crippen LogP contribution in [0, 0.1) is 0 Å². The molecule has 1 aliphatic carbocycles. The van der Waals surface area contributed by atoms with E-state index in [1.165, 1.54) is 11.3 Å². The first-order valence-electron chi connectivity index (χ1n) is 8.10. The molecule has 4 rings (SSSR count). The highest BCUT2D eigenvalue weighted by Crippen LogP contribution is 2.25. The van der Waals surface area contributed by atoms with E-state index in [1.807, 2.05) is 18.2 Å². The molecule has 1 N–H and O–H groups in total. The lowest BCUT2D eigenvalue weighted by Gasteiger charge is -2.18. The Morgan fingerprint density at radius 2 is 1.96 bits per heavy atom. The van der Waals surface area contributed by atoms with E-state index in [0.717, 1.165) is 23.1 Å². The topological polar surface area (TPSA) is 68.3 Å². The van der Waals surface area contributed by atoms with E-state index >= 15 is 0 Å². The van der Waals surface area contributed by atoms with Crippen LogP contribution in [0.1, 0.15) is 34.9 Å². The fourth-order valence-electron chi connectivity index (χ4n) is 2.56. The summed E-state index contributed by atoms with van der Waals surface area (Å²) in [7, 11) is 0. The van der Waals surface area contributed by atoms with Gasteiger partial charge in [0.2, 0.25) is 6.10 Å². The Morgan fingerprint density at radius 3 is 2.72 bits per heavy atom. The standard InChI is InChI=1S/C19H16N2O3S/c22-18(21-14-7-8-14)17(12-4-2-1-3-5-12)24-19(23)13-6-9-15-16(10-13)25-11-20-15/h1-6,9-11,14,17H,7-8H2,(H,21,22)/t17-/m1/s1. The number of hydrogen-bond acceptors (Lipinski definition) is 5. The van der Waals surface area contributed by atoms with Crippen LogP contribution in [-0.2, 0) is 9.53 Å². The van der Waals surface area contributed by atoms with E-state index in [0.29, 0.717) is 11.1 Å². The lowest BCUT2D eigenvalue weighted by atomic mass is 10.1. The summed E-state index contributed by atoms with van der Waals surface area (Å²) >= 11 is 1.46. The minimum atomic E-state index is -0.952. The number of amides is 1. The van der Waals surface area contributed by atoms with Crippen molar-refractivity contribution in [3.05, 3.63) is 65.2 Å². The first-order chi connectivity index (χ1) is 12.2. The molecule has 3 aromatic rings. The second-order valence-corrected chi connectivity index (χ2v) is 6.90. The Balaban J connectivity index is 1.58. The molecule has 1 atom stereocenters. The van der Waals surface area contributed by atoms with Gasteiger partial charge in [-0.2, -0.15) is 0 Å². The monoisotopic (exact) mass is 352 g/mol. The molecule has 1 heterocycles. The van der Waals surface area contributed by atoms with Crippen molar-refractivity contribution in [3.8, 4) is 0 Å². The maximum absolute atomic E-state index is 12.6. The molecule has 126 valence electrons. The minimum absolute atomic E-state index is 0.200. The van der Waals surface area contributed by atoms with Crippen LogP contribution in [0.4, 0.5) is 0 Å². The van der Waals surface area contributed by atoms with E-state index in [4.69, 9.17) is 4.74 Å². The van der Waals surface area contributed by atoms with Gasteiger partial charge in [0, 0.05) is 11.6 Å². The van der Waals surface area contributed by atoms with Crippen LogP contribution in [0.2, 0.25) is 0 Å². The highest BCUT2D eigenvalue weighted by Gasteiger charge is 2.31. The number of hydrogen-bond donors (Lipinski definition) is 1. The Labute approximate surface area is 148 Å². The third-order valence-corrected chi connectivity index (χ3v) is 4.85. The van der Waals surface area contributed by atoms with Crippen molar-refractivity contribution in [2.24, 2.45) is 0 Å². The number of thiazole rings is 1. The summed E-state index contributed by atoms with van der Waals surface area (Å²) in [6.45, 7) is 0. The van der Waals surface area contributed by atoms with Crippen molar-refractivity contribution in [1.29, 1.82) is 0 Å². The average Bonchev–Trinajstić information content (AvgIpc) is 3.32. The molecule has 0 radical (unpaired) electrons. The van der Waals surface area contributed by atoms with Crippen LogP contribution in [0.25, 0.3) is 10.2 Å². The van der Waals surface area contributed by atoms with Crippen molar-refractivity contribution in [3.63, 3.8) is 0 Å². The van der Waals surface area contributed by atoms with Gasteiger partial charge < -0.3 is 10.1 Å². The van der Waals surface area contributed by atoms with Crippen molar-refractivity contribution < 1.29 is 14.3 Å². The first kappa shape index (κ1) is 15.8. The maximum Gasteiger partial charge on any atom is 0.339 e.